The molecule has 96 valence electrons. The molecule has 1 fully saturated rings. The normalized spacial score (nSPS) is 17.9. The minimum atomic E-state index is 0.655. The Morgan fingerprint density at radius 2 is 2.12 bits per heavy atom. The zero-order chi connectivity index (χ0) is 12.4. The SMILES string of the molecule is Cc1nn(C)c(CN(C)C2CCNCC2)c1Cl. The highest BCUT2D eigenvalue weighted by Crippen LogP contribution is 2.22. The van der Waals surface area contributed by atoms with Crippen LogP contribution in [0.4, 0.5) is 0 Å². The number of hydrogen-bond acceptors (Lipinski definition) is 3. The molecule has 0 unspecified atom stereocenters. The zero-order valence-electron chi connectivity index (χ0n) is 10.8. The van der Waals surface area contributed by atoms with Crippen molar-refractivity contribution in [1.82, 2.24) is 20.0 Å². The van der Waals surface area contributed by atoms with Gasteiger partial charge in [0.2, 0.25) is 0 Å². The summed E-state index contributed by atoms with van der Waals surface area (Å²) < 4.78 is 1.90. The molecule has 2 rings (SSSR count). The molecule has 0 saturated carbocycles. The van der Waals surface area contributed by atoms with E-state index in [9.17, 15) is 0 Å². The molecule has 17 heavy (non-hydrogen) atoms. The van der Waals surface area contributed by atoms with Crippen molar-refractivity contribution in [3.8, 4) is 0 Å². The standard InChI is InChI=1S/C12H21ClN4/c1-9-12(13)11(17(3)15-9)8-16(2)10-4-6-14-7-5-10/h10,14H,4-8H2,1-3H3. The van der Waals surface area contributed by atoms with Crippen LogP contribution in [0.15, 0.2) is 0 Å². The van der Waals surface area contributed by atoms with Crippen molar-refractivity contribution in [3.05, 3.63) is 16.4 Å². The number of rotatable bonds is 3. The molecule has 0 bridgehead atoms. The molecule has 0 aromatic carbocycles. The minimum Gasteiger partial charge on any atom is -0.317 e. The third-order valence-corrected chi connectivity index (χ3v) is 4.08. The van der Waals surface area contributed by atoms with Crippen molar-refractivity contribution < 1.29 is 0 Å². The molecule has 1 aromatic rings. The average molecular weight is 257 g/mol. The number of nitrogens with zero attached hydrogens (tertiary/aromatic N) is 3. The monoisotopic (exact) mass is 256 g/mol. The van der Waals surface area contributed by atoms with Crippen molar-refractivity contribution in [3.63, 3.8) is 0 Å². The third kappa shape index (κ3) is 2.81. The molecule has 1 aromatic heterocycles. The second-order valence-corrected chi connectivity index (χ2v) is 5.24. The lowest BCUT2D eigenvalue weighted by Crippen LogP contribution is -2.41. The Kier molecular flexibility index (Phi) is 4.07. The van der Waals surface area contributed by atoms with Gasteiger partial charge in [0.1, 0.15) is 0 Å². The van der Waals surface area contributed by atoms with Crippen LogP contribution in [0.5, 0.6) is 0 Å². The highest BCUT2D eigenvalue weighted by atomic mass is 35.5. The highest BCUT2D eigenvalue weighted by Gasteiger charge is 2.20. The lowest BCUT2D eigenvalue weighted by molar-refractivity contribution is 0.188. The van der Waals surface area contributed by atoms with Crippen LogP contribution >= 0.6 is 11.6 Å². The fourth-order valence-corrected chi connectivity index (χ4v) is 2.68. The van der Waals surface area contributed by atoms with E-state index in [2.05, 4.69) is 22.4 Å². The summed E-state index contributed by atoms with van der Waals surface area (Å²) in [6.07, 6.45) is 2.43. The first-order chi connectivity index (χ1) is 8.09. The fraction of sp³-hybridized carbons (Fsp3) is 0.750. The largest absolute Gasteiger partial charge is 0.317 e. The molecule has 5 heteroatoms. The first-order valence-electron chi connectivity index (χ1n) is 6.18. The number of aryl methyl sites for hydroxylation is 2. The lowest BCUT2D eigenvalue weighted by atomic mass is 10.1. The molecule has 1 aliphatic heterocycles. The van der Waals surface area contributed by atoms with Crippen molar-refractivity contribution in [2.75, 3.05) is 20.1 Å². The van der Waals surface area contributed by atoms with E-state index >= 15 is 0 Å². The summed E-state index contributed by atoms with van der Waals surface area (Å²) in [5.41, 5.74) is 2.04. The average Bonchev–Trinajstić information content (AvgIpc) is 2.57. The molecular formula is C12H21ClN4. The minimum absolute atomic E-state index is 0.655. The van der Waals surface area contributed by atoms with Crippen LogP contribution in [0.3, 0.4) is 0 Å². The maximum absolute atomic E-state index is 6.27. The maximum atomic E-state index is 6.27. The second-order valence-electron chi connectivity index (χ2n) is 4.87. The van der Waals surface area contributed by atoms with Crippen LogP contribution in [-0.2, 0) is 13.6 Å². The van der Waals surface area contributed by atoms with E-state index in [0.717, 1.165) is 36.0 Å². The van der Waals surface area contributed by atoms with Gasteiger partial charge in [-0.3, -0.25) is 9.58 Å². The van der Waals surface area contributed by atoms with Gasteiger partial charge in [0.15, 0.2) is 0 Å². The number of nitrogens with one attached hydrogen (secondary N) is 1. The molecule has 0 atom stereocenters. The molecule has 1 aliphatic rings. The predicted molar refractivity (Wildman–Crippen MR) is 70.3 cm³/mol. The van der Waals surface area contributed by atoms with Crippen LogP contribution in [0, 0.1) is 6.92 Å². The predicted octanol–water partition coefficient (Wildman–Crippen LogP) is 1.57. The molecule has 0 aliphatic carbocycles. The van der Waals surface area contributed by atoms with Crippen LogP contribution in [0.2, 0.25) is 5.02 Å². The van der Waals surface area contributed by atoms with Gasteiger partial charge in [-0.05, 0) is 39.9 Å². The maximum Gasteiger partial charge on any atom is 0.0860 e. The first kappa shape index (κ1) is 12.9. The Bertz CT molecular complexity index is 382. The number of piperidine rings is 1. The molecular weight excluding hydrogens is 236 g/mol. The Labute approximate surface area is 108 Å². The fourth-order valence-electron chi connectivity index (χ4n) is 2.46. The van der Waals surface area contributed by atoms with Crippen molar-refractivity contribution in [1.29, 1.82) is 0 Å². The van der Waals surface area contributed by atoms with Gasteiger partial charge in [0.05, 0.1) is 16.4 Å². The van der Waals surface area contributed by atoms with Crippen LogP contribution in [-0.4, -0.2) is 40.9 Å². The van der Waals surface area contributed by atoms with E-state index in [1.165, 1.54) is 12.8 Å². The van der Waals surface area contributed by atoms with E-state index < -0.39 is 0 Å². The van der Waals surface area contributed by atoms with Gasteiger partial charge < -0.3 is 5.32 Å². The summed E-state index contributed by atoms with van der Waals surface area (Å²) in [6.45, 7) is 5.07. The summed E-state index contributed by atoms with van der Waals surface area (Å²) in [6, 6.07) is 0.655. The number of aromatic nitrogens is 2. The van der Waals surface area contributed by atoms with E-state index in [1.807, 2.05) is 18.7 Å². The summed E-state index contributed by atoms with van der Waals surface area (Å²) in [5, 5.41) is 8.56. The summed E-state index contributed by atoms with van der Waals surface area (Å²) in [4.78, 5) is 2.39. The summed E-state index contributed by atoms with van der Waals surface area (Å²) in [5.74, 6) is 0. The Hall–Kier alpha value is -0.580. The first-order valence-corrected chi connectivity index (χ1v) is 6.56. The quantitative estimate of drug-likeness (QED) is 0.891. The topological polar surface area (TPSA) is 33.1 Å². The van der Waals surface area contributed by atoms with Gasteiger partial charge >= 0.3 is 0 Å². The second kappa shape index (κ2) is 5.38. The van der Waals surface area contributed by atoms with Gasteiger partial charge in [0, 0.05) is 19.6 Å². The molecule has 2 heterocycles. The third-order valence-electron chi connectivity index (χ3n) is 3.59. The van der Waals surface area contributed by atoms with Crippen LogP contribution in [0.25, 0.3) is 0 Å². The van der Waals surface area contributed by atoms with Crippen molar-refractivity contribution >= 4 is 11.6 Å². The highest BCUT2D eigenvalue weighted by molar-refractivity contribution is 6.31. The van der Waals surface area contributed by atoms with Gasteiger partial charge in [-0.2, -0.15) is 5.10 Å². The van der Waals surface area contributed by atoms with Gasteiger partial charge in [-0.15, -0.1) is 0 Å². The lowest BCUT2D eigenvalue weighted by Gasteiger charge is -2.31. The van der Waals surface area contributed by atoms with Crippen LogP contribution < -0.4 is 5.32 Å². The van der Waals surface area contributed by atoms with Crippen LogP contribution in [0.1, 0.15) is 24.2 Å². The van der Waals surface area contributed by atoms with Crippen molar-refractivity contribution in [2.45, 2.75) is 32.4 Å². The number of hydrogen-bond donors (Lipinski definition) is 1. The molecule has 4 nitrogen and oxygen atoms in total. The molecule has 0 radical (unpaired) electrons. The van der Waals surface area contributed by atoms with Gasteiger partial charge in [-0.1, -0.05) is 11.6 Å². The smallest absolute Gasteiger partial charge is 0.0860 e. The Morgan fingerprint density at radius 1 is 1.47 bits per heavy atom. The zero-order valence-corrected chi connectivity index (χ0v) is 11.6. The van der Waals surface area contributed by atoms with Gasteiger partial charge in [0.25, 0.3) is 0 Å². The number of halogens is 1. The van der Waals surface area contributed by atoms with Gasteiger partial charge in [-0.25, -0.2) is 0 Å². The van der Waals surface area contributed by atoms with E-state index in [-0.39, 0.29) is 0 Å². The summed E-state index contributed by atoms with van der Waals surface area (Å²) >= 11 is 6.27. The molecule has 1 N–H and O–H groups in total. The van der Waals surface area contributed by atoms with Crippen molar-refractivity contribution in [2.24, 2.45) is 7.05 Å². The molecule has 1 saturated heterocycles. The molecule has 0 spiro atoms. The van der Waals surface area contributed by atoms with E-state index in [0.29, 0.717) is 6.04 Å². The van der Waals surface area contributed by atoms with E-state index in [1.54, 1.807) is 0 Å². The Balaban J connectivity index is 2.04. The Morgan fingerprint density at radius 3 is 2.65 bits per heavy atom. The summed E-state index contributed by atoms with van der Waals surface area (Å²) in [7, 11) is 4.14. The molecule has 0 amide bonds. The van der Waals surface area contributed by atoms with E-state index in [4.69, 9.17) is 11.6 Å².